The molecule has 0 aliphatic rings. The van der Waals surface area contributed by atoms with Crippen molar-refractivity contribution in [3.63, 3.8) is 0 Å². The van der Waals surface area contributed by atoms with Gasteiger partial charge in [0.1, 0.15) is 0 Å². The third-order valence-corrected chi connectivity index (χ3v) is 2.80. The van der Waals surface area contributed by atoms with E-state index in [0.717, 1.165) is 0 Å². The van der Waals surface area contributed by atoms with Crippen molar-refractivity contribution in [3.8, 4) is 5.75 Å². The third kappa shape index (κ3) is 3.49. The summed E-state index contributed by atoms with van der Waals surface area (Å²) in [5, 5.41) is 24.3. The number of benzene rings is 2. The van der Waals surface area contributed by atoms with Gasteiger partial charge in [0.05, 0.1) is 22.5 Å². The summed E-state index contributed by atoms with van der Waals surface area (Å²) >= 11 is 5.93. The maximum absolute atomic E-state index is 11.1. The average Bonchev–Trinajstić information content (AvgIpc) is 2.40. The summed E-state index contributed by atoms with van der Waals surface area (Å²) in [6.45, 7) is 0. The molecule has 5 nitrogen and oxygen atoms in total. The van der Waals surface area contributed by atoms with Gasteiger partial charge >= 0.3 is 5.97 Å². The van der Waals surface area contributed by atoms with E-state index in [-0.39, 0.29) is 11.3 Å². The van der Waals surface area contributed by atoms with Gasteiger partial charge in [0.25, 0.3) is 0 Å². The van der Waals surface area contributed by atoms with Gasteiger partial charge in [-0.05, 0) is 23.8 Å². The predicted octanol–water partition coefficient (Wildman–Crippen LogP) is 2.56. The lowest BCUT2D eigenvalue weighted by Crippen LogP contribution is -1.98. The van der Waals surface area contributed by atoms with Crippen LogP contribution >= 0.6 is 11.6 Å². The van der Waals surface area contributed by atoms with Crippen LogP contribution in [0.15, 0.2) is 47.6 Å². The molecule has 2 aromatic carbocycles. The predicted molar refractivity (Wildman–Crippen MR) is 75.5 cm³/mol. The number of halogens is 1. The monoisotopic (exact) mass is 289 g/mol. The van der Waals surface area contributed by atoms with Crippen LogP contribution in [0.1, 0.15) is 15.9 Å². The van der Waals surface area contributed by atoms with Gasteiger partial charge in [0, 0.05) is 0 Å². The van der Waals surface area contributed by atoms with Crippen molar-refractivity contribution in [1.82, 2.24) is 0 Å². The number of carboxylic acids is 1. The molecular formula is C14H10ClN2O3-. The van der Waals surface area contributed by atoms with E-state index in [1.165, 1.54) is 36.5 Å². The summed E-state index contributed by atoms with van der Waals surface area (Å²) in [4.78, 5) is 10.9. The second-order valence-corrected chi connectivity index (χ2v) is 4.35. The normalized spacial score (nSPS) is 10.7. The number of rotatable bonds is 4. The van der Waals surface area contributed by atoms with Crippen LogP contribution in [-0.4, -0.2) is 17.3 Å². The van der Waals surface area contributed by atoms with Crippen LogP contribution in [0.2, 0.25) is 5.02 Å². The summed E-state index contributed by atoms with van der Waals surface area (Å²) in [6.07, 6.45) is 1.45. The minimum absolute atomic E-state index is 0.105. The highest BCUT2D eigenvalue weighted by Crippen LogP contribution is 2.23. The highest BCUT2D eigenvalue weighted by atomic mass is 35.5. The average molecular weight is 290 g/mol. The first-order valence-corrected chi connectivity index (χ1v) is 6.03. The first-order valence-electron chi connectivity index (χ1n) is 5.65. The number of carbonyl (C=O) groups is 1. The van der Waals surface area contributed by atoms with Crippen molar-refractivity contribution in [2.45, 2.75) is 0 Å². The quantitative estimate of drug-likeness (QED) is 0.669. The molecule has 102 valence electrons. The molecule has 0 aliphatic carbocycles. The standard InChI is InChI=1S/C14H11ClN2O3/c15-12-5-4-10(14(19)20)7-13(12)17-16-8-9-2-1-3-11(18)6-9/h1-8,17-18H,(H,19,20)/p-1/b16-8-. The van der Waals surface area contributed by atoms with Gasteiger partial charge < -0.3 is 10.2 Å². The summed E-state index contributed by atoms with van der Waals surface area (Å²) in [5.74, 6) is -1.16. The van der Waals surface area contributed by atoms with Gasteiger partial charge in [-0.1, -0.05) is 35.9 Å². The molecule has 0 bridgehead atoms. The highest BCUT2D eigenvalue weighted by Gasteiger charge is 2.06. The van der Waals surface area contributed by atoms with E-state index in [9.17, 15) is 9.90 Å². The minimum Gasteiger partial charge on any atom is -0.872 e. The summed E-state index contributed by atoms with van der Waals surface area (Å²) < 4.78 is 0. The SMILES string of the molecule is O=C(O)c1ccc(Cl)c(N/N=C\c2cccc([O-])c2)c1. The van der Waals surface area contributed by atoms with Crippen LogP contribution < -0.4 is 10.5 Å². The Bertz CT molecular complexity index is 671. The maximum atomic E-state index is 11.1. The van der Waals surface area contributed by atoms with Gasteiger partial charge in [-0.15, -0.1) is 5.75 Å². The van der Waals surface area contributed by atoms with Crippen molar-refractivity contribution >= 4 is 29.5 Å². The Morgan fingerprint density at radius 2 is 2.10 bits per heavy atom. The van der Waals surface area contributed by atoms with Crippen LogP contribution in [0.3, 0.4) is 0 Å². The molecule has 0 unspecified atom stereocenters. The van der Waals surface area contributed by atoms with E-state index >= 15 is 0 Å². The van der Waals surface area contributed by atoms with E-state index in [4.69, 9.17) is 16.7 Å². The number of carboxylic acid groups (broad SMARTS) is 1. The highest BCUT2D eigenvalue weighted by molar-refractivity contribution is 6.33. The van der Waals surface area contributed by atoms with Crippen molar-refractivity contribution in [3.05, 3.63) is 58.6 Å². The van der Waals surface area contributed by atoms with Gasteiger partial charge in [-0.2, -0.15) is 5.10 Å². The summed E-state index contributed by atoms with van der Waals surface area (Å²) in [7, 11) is 0. The Morgan fingerprint density at radius 1 is 1.30 bits per heavy atom. The van der Waals surface area contributed by atoms with E-state index in [1.54, 1.807) is 12.1 Å². The number of anilines is 1. The van der Waals surface area contributed by atoms with Crippen LogP contribution in [0.25, 0.3) is 0 Å². The van der Waals surface area contributed by atoms with Crippen molar-refractivity contribution < 1.29 is 15.0 Å². The van der Waals surface area contributed by atoms with E-state index in [2.05, 4.69) is 10.5 Å². The molecular weight excluding hydrogens is 280 g/mol. The van der Waals surface area contributed by atoms with Crippen molar-refractivity contribution in [2.24, 2.45) is 5.10 Å². The lowest BCUT2D eigenvalue weighted by atomic mass is 10.2. The molecule has 0 amide bonds. The van der Waals surface area contributed by atoms with Crippen LogP contribution in [0.5, 0.6) is 5.75 Å². The number of hydrazone groups is 1. The zero-order valence-corrected chi connectivity index (χ0v) is 11.0. The molecule has 0 fully saturated rings. The van der Waals surface area contributed by atoms with Gasteiger partial charge in [-0.3, -0.25) is 5.43 Å². The largest absolute Gasteiger partial charge is 0.872 e. The zero-order chi connectivity index (χ0) is 14.5. The Kier molecular flexibility index (Phi) is 4.22. The third-order valence-electron chi connectivity index (χ3n) is 2.47. The van der Waals surface area contributed by atoms with Gasteiger partial charge in [0.15, 0.2) is 0 Å². The molecule has 0 heterocycles. The molecule has 2 rings (SSSR count). The number of nitrogens with zero attached hydrogens (tertiary/aromatic N) is 1. The molecule has 0 atom stereocenters. The molecule has 6 heteroatoms. The van der Waals surface area contributed by atoms with Crippen LogP contribution in [0.4, 0.5) is 5.69 Å². The first-order chi connectivity index (χ1) is 9.56. The topological polar surface area (TPSA) is 84.8 Å². The molecule has 2 aromatic rings. The number of hydrogen-bond acceptors (Lipinski definition) is 4. The Hall–Kier alpha value is -2.53. The Balaban J connectivity index is 2.14. The molecule has 0 aromatic heterocycles. The maximum Gasteiger partial charge on any atom is 0.335 e. The number of hydrogen-bond donors (Lipinski definition) is 2. The molecule has 20 heavy (non-hydrogen) atoms. The number of nitrogens with one attached hydrogen (secondary N) is 1. The fraction of sp³-hybridized carbons (Fsp3) is 0. The van der Waals surface area contributed by atoms with E-state index in [1.807, 2.05) is 0 Å². The summed E-state index contributed by atoms with van der Waals surface area (Å²) in [6, 6.07) is 10.5. The van der Waals surface area contributed by atoms with Gasteiger partial charge in [-0.25, -0.2) is 4.79 Å². The van der Waals surface area contributed by atoms with Crippen LogP contribution in [-0.2, 0) is 0 Å². The second-order valence-electron chi connectivity index (χ2n) is 3.94. The second kappa shape index (κ2) is 6.08. The molecule has 0 saturated heterocycles. The van der Waals surface area contributed by atoms with Crippen molar-refractivity contribution in [2.75, 3.05) is 5.43 Å². The molecule has 2 N–H and O–H groups in total. The Morgan fingerprint density at radius 3 is 2.80 bits per heavy atom. The fourth-order valence-corrected chi connectivity index (χ4v) is 1.68. The lowest BCUT2D eigenvalue weighted by molar-refractivity contribution is -0.268. The van der Waals surface area contributed by atoms with Crippen molar-refractivity contribution in [1.29, 1.82) is 0 Å². The van der Waals surface area contributed by atoms with Gasteiger partial charge in [0.2, 0.25) is 0 Å². The van der Waals surface area contributed by atoms with Crippen LogP contribution in [0, 0.1) is 0 Å². The number of aromatic carboxylic acids is 1. The minimum atomic E-state index is -1.05. The molecule has 0 aliphatic heterocycles. The molecule has 0 saturated carbocycles. The summed E-state index contributed by atoms with van der Waals surface area (Å²) in [5.41, 5.74) is 3.76. The smallest absolute Gasteiger partial charge is 0.335 e. The first kappa shape index (κ1) is 13.9. The Labute approximate surface area is 120 Å². The van der Waals surface area contributed by atoms with E-state index < -0.39 is 5.97 Å². The lowest BCUT2D eigenvalue weighted by Gasteiger charge is -2.06. The fourth-order valence-electron chi connectivity index (χ4n) is 1.52. The zero-order valence-electron chi connectivity index (χ0n) is 10.2. The molecule has 0 radical (unpaired) electrons. The molecule has 0 spiro atoms. The van der Waals surface area contributed by atoms with E-state index in [0.29, 0.717) is 16.3 Å².